The molecule has 0 saturated heterocycles. The van der Waals surface area contributed by atoms with Crippen LogP contribution in [0, 0.1) is 6.92 Å². The molecule has 17 heavy (non-hydrogen) atoms. The average Bonchev–Trinajstić information content (AvgIpc) is 2.20. The van der Waals surface area contributed by atoms with Crippen molar-refractivity contribution in [3.8, 4) is 0 Å². The van der Waals surface area contributed by atoms with Gasteiger partial charge in [0.15, 0.2) is 0 Å². The number of hydrogen-bond acceptors (Lipinski definition) is 2. The minimum atomic E-state index is -4.97. The van der Waals surface area contributed by atoms with E-state index in [0.717, 1.165) is 0 Å². The van der Waals surface area contributed by atoms with E-state index in [1.165, 1.54) is 0 Å². The van der Waals surface area contributed by atoms with Crippen molar-refractivity contribution >= 4 is 17.4 Å². The molecule has 0 aliphatic carbocycles. The van der Waals surface area contributed by atoms with Gasteiger partial charge in [-0.15, -0.1) is 0 Å². The number of nitrogens with one attached hydrogen (secondary N) is 1. The number of hydrogen-bond donors (Lipinski definition) is 1. The summed E-state index contributed by atoms with van der Waals surface area (Å²) in [6.45, 7) is 1.70. The van der Waals surface area contributed by atoms with Crippen molar-refractivity contribution in [1.82, 2.24) is 0 Å². The van der Waals surface area contributed by atoms with Gasteiger partial charge in [-0.2, -0.15) is 13.2 Å². The third-order valence-electron chi connectivity index (χ3n) is 2.06. The maximum atomic E-state index is 11.9. The van der Waals surface area contributed by atoms with Crippen molar-refractivity contribution < 1.29 is 22.8 Å². The fourth-order valence-electron chi connectivity index (χ4n) is 1.15. The number of amides is 1. The number of rotatable bonds is 3. The fraction of sp³-hybridized carbons (Fsp3) is 0.273. The Labute approximate surface area is 95.6 Å². The Morgan fingerprint density at radius 1 is 1.24 bits per heavy atom. The second-order valence-electron chi connectivity index (χ2n) is 3.46. The number of Topliss-reactive ketones (excluding diaryl/α,β-unsaturated/α-hetero) is 1. The number of halogens is 3. The van der Waals surface area contributed by atoms with Crippen LogP contribution in [0.5, 0.6) is 0 Å². The molecule has 3 nitrogen and oxygen atoms in total. The summed E-state index contributed by atoms with van der Waals surface area (Å²) in [5.74, 6) is -3.02. The van der Waals surface area contributed by atoms with E-state index in [2.05, 4.69) is 5.32 Å². The number of alkyl halides is 3. The second kappa shape index (κ2) is 4.99. The molecule has 1 amide bonds. The molecule has 1 rings (SSSR count). The molecule has 0 spiro atoms. The highest BCUT2D eigenvalue weighted by atomic mass is 19.4. The molecule has 1 N–H and O–H groups in total. The minimum Gasteiger partial charge on any atom is -0.325 e. The third-order valence-corrected chi connectivity index (χ3v) is 2.06. The SMILES string of the molecule is Cc1ccccc1NC(=O)CC(=O)C(F)(F)F. The lowest BCUT2D eigenvalue weighted by Crippen LogP contribution is -2.28. The first kappa shape index (κ1) is 13.2. The molecule has 0 saturated carbocycles. The van der Waals surface area contributed by atoms with Gasteiger partial charge in [-0.1, -0.05) is 18.2 Å². The van der Waals surface area contributed by atoms with Crippen molar-refractivity contribution in [1.29, 1.82) is 0 Å². The van der Waals surface area contributed by atoms with E-state index in [-0.39, 0.29) is 0 Å². The van der Waals surface area contributed by atoms with Crippen molar-refractivity contribution in [2.45, 2.75) is 19.5 Å². The first-order valence-corrected chi connectivity index (χ1v) is 4.76. The highest BCUT2D eigenvalue weighted by molar-refractivity contribution is 6.06. The standard InChI is InChI=1S/C11H10F3NO2/c1-7-4-2-3-5-8(7)15-10(17)6-9(16)11(12,13)14/h2-5H,6H2,1H3,(H,15,17). The molecule has 0 aromatic heterocycles. The normalized spacial score (nSPS) is 11.1. The summed E-state index contributed by atoms with van der Waals surface area (Å²) in [5.41, 5.74) is 1.10. The Bertz CT molecular complexity index is 441. The van der Waals surface area contributed by atoms with Crippen LogP contribution in [-0.2, 0) is 9.59 Å². The molecular weight excluding hydrogens is 235 g/mol. The van der Waals surface area contributed by atoms with Crippen LogP contribution < -0.4 is 5.32 Å². The van der Waals surface area contributed by atoms with Gasteiger partial charge in [-0.05, 0) is 18.6 Å². The van der Waals surface area contributed by atoms with Crippen molar-refractivity contribution in [2.24, 2.45) is 0 Å². The van der Waals surface area contributed by atoms with Crippen LogP contribution >= 0.6 is 0 Å². The minimum absolute atomic E-state index is 0.396. The van der Waals surface area contributed by atoms with Gasteiger partial charge in [0.05, 0.1) is 6.42 Å². The maximum Gasteiger partial charge on any atom is 0.450 e. The van der Waals surface area contributed by atoms with E-state index in [4.69, 9.17) is 0 Å². The van der Waals surface area contributed by atoms with Crippen LogP contribution in [0.2, 0.25) is 0 Å². The fourth-order valence-corrected chi connectivity index (χ4v) is 1.15. The number of aryl methyl sites for hydroxylation is 1. The summed E-state index contributed by atoms with van der Waals surface area (Å²) < 4.78 is 35.7. The quantitative estimate of drug-likeness (QED) is 0.831. The van der Waals surface area contributed by atoms with Gasteiger partial charge >= 0.3 is 6.18 Å². The molecule has 0 unspecified atom stereocenters. The molecule has 0 radical (unpaired) electrons. The molecule has 1 aromatic rings. The lowest BCUT2D eigenvalue weighted by molar-refractivity contribution is -0.171. The first-order valence-electron chi connectivity index (χ1n) is 4.76. The highest BCUT2D eigenvalue weighted by Gasteiger charge is 2.39. The van der Waals surface area contributed by atoms with E-state index in [1.54, 1.807) is 31.2 Å². The zero-order valence-electron chi connectivity index (χ0n) is 8.97. The lowest BCUT2D eigenvalue weighted by atomic mass is 10.2. The summed E-state index contributed by atoms with van der Waals surface area (Å²) in [7, 11) is 0. The Morgan fingerprint density at radius 2 is 1.82 bits per heavy atom. The molecule has 0 heterocycles. The average molecular weight is 245 g/mol. The van der Waals surface area contributed by atoms with Gasteiger partial charge in [0.1, 0.15) is 0 Å². The van der Waals surface area contributed by atoms with Gasteiger partial charge in [0, 0.05) is 5.69 Å². The monoisotopic (exact) mass is 245 g/mol. The topological polar surface area (TPSA) is 46.2 Å². The van der Waals surface area contributed by atoms with Crippen LogP contribution in [-0.4, -0.2) is 17.9 Å². The summed E-state index contributed by atoms with van der Waals surface area (Å²) in [4.78, 5) is 21.8. The summed E-state index contributed by atoms with van der Waals surface area (Å²) in [6.07, 6.45) is -6.17. The predicted molar refractivity (Wildman–Crippen MR) is 55.5 cm³/mol. The van der Waals surface area contributed by atoms with Crippen LogP contribution in [0.15, 0.2) is 24.3 Å². The van der Waals surface area contributed by atoms with E-state index >= 15 is 0 Å². The largest absolute Gasteiger partial charge is 0.450 e. The highest BCUT2D eigenvalue weighted by Crippen LogP contribution is 2.19. The first-order chi connectivity index (χ1) is 7.80. The summed E-state index contributed by atoms with van der Waals surface area (Å²) >= 11 is 0. The predicted octanol–water partition coefficient (Wildman–Crippen LogP) is 2.46. The number of para-hydroxylation sites is 1. The molecule has 0 fully saturated rings. The zero-order valence-corrected chi connectivity index (χ0v) is 8.97. The molecule has 0 aliphatic rings. The summed E-state index contributed by atoms with van der Waals surface area (Å²) in [5, 5.41) is 2.25. The van der Waals surface area contributed by atoms with Gasteiger partial charge < -0.3 is 5.32 Å². The van der Waals surface area contributed by atoms with Crippen LogP contribution in [0.1, 0.15) is 12.0 Å². The Kier molecular flexibility index (Phi) is 3.88. The smallest absolute Gasteiger partial charge is 0.325 e. The Balaban J connectivity index is 2.63. The second-order valence-corrected chi connectivity index (χ2v) is 3.46. The maximum absolute atomic E-state index is 11.9. The number of benzene rings is 1. The van der Waals surface area contributed by atoms with Crippen molar-refractivity contribution in [3.05, 3.63) is 29.8 Å². The Morgan fingerprint density at radius 3 is 2.35 bits per heavy atom. The molecule has 6 heteroatoms. The van der Waals surface area contributed by atoms with E-state index in [1.807, 2.05) is 0 Å². The summed E-state index contributed by atoms with van der Waals surface area (Å²) in [6, 6.07) is 6.60. The van der Waals surface area contributed by atoms with E-state index < -0.39 is 24.3 Å². The molecule has 92 valence electrons. The molecule has 0 bridgehead atoms. The van der Waals surface area contributed by atoms with Crippen LogP contribution in [0.25, 0.3) is 0 Å². The molecule has 0 aliphatic heterocycles. The zero-order chi connectivity index (χ0) is 13.1. The van der Waals surface area contributed by atoms with Gasteiger partial charge in [-0.3, -0.25) is 9.59 Å². The van der Waals surface area contributed by atoms with E-state index in [9.17, 15) is 22.8 Å². The third kappa shape index (κ3) is 3.90. The number of carbonyl (C=O) groups excluding carboxylic acids is 2. The van der Waals surface area contributed by atoms with Gasteiger partial charge in [-0.25, -0.2) is 0 Å². The van der Waals surface area contributed by atoms with Crippen molar-refractivity contribution in [2.75, 3.05) is 5.32 Å². The van der Waals surface area contributed by atoms with Crippen LogP contribution in [0.3, 0.4) is 0 Å². The Hall–Kier alpha value is -1.85. The van der Waals surface area contributed by atoms with Crippen LogP contribution in [0.4, 0.5) is 18.9 Å². The van der Waals surface area contributed by atoms with Gasteiger partial charge in [0.25, 0.3) is 0 Å². The molecule has 0 atom stereocenters. The van der Waals surface area contributed by atoms with Crippen molar-refractivity contribution in [3.63, 3.8) is 0 Å². The number of ketones is 1. The van der Waals surface area contributed by atoms with Gasteiger partial charge in [0.2, 0.25) is 11.7 Å². The molecule has 1 aromatic carbocycles. The molecular formula is C11H10F3NO2. The number of anilines is 1. The lowest BCUT2D eigenvalue weighted by Gasteiger charge is -2.08. The van der Waals surface area contributed by atoms with E-state index in [0.29, 0.717) is 11.3 Å². The number of carbonyl (C=O) groups is 2.